The van der Waals surface area contributed by atoms with Crippen LogP contribution >= 0.6 is 11.6 Å². The molecule has 0 unspecified atom stereocenters. The van der Waals surface area contributed by atoms with Crippen molar-refractivity contribution in [1.82, 2.24) is 9.97 Å². The van der Waals surface area contributed by atoms with E-state index in [0.717, 1.165) is 5.56 Å². The SMILES string of the molecule is COc1nc2c(=O)c(Cl)c[nH]c2cc1C. The van der Waals surface area contributed by atoms with E-state index < -0.39 is 0 Å². The van der Waals surface area contributed by atoms with Crippen molar-refractivity contribution in [3.63, 3.8) is 0 Å². The van der Waals surface area contributed by atoms with Gasteiger partial charge in [-0.05, 0) is 13.0 Å². The number of nitrogens with one attached hydrogen (secondary N) is 1. The Balaban J connectivity index is 2.89. The highest BCUT2D eigenvalue weighted by atomic mass is 35.5. The monoisotopic (exact) mass is 224 g/mol. The third-order valence-electron chi connectivity index (χ3n) is 2.15. The molecule has 0 saturated carbocycles. The molecule has 2 rings (SSSR count). The van der Waals surface area contributed by atoms with Crippen molar-refractivity contribution in [1.29, 1.82) is 0 Å². The number of pyridine rings is 2. The summed E-state index contributed by atoms with van der Waals surface area (Å²) in [6, 6.07) is 1.80. The van der Waals surface area contributed by atoms with Gasteiger partial charge in [0, 0.05) is 11.8 Å². The van der Waals surface area contributed by atoms with Gasteiger partial charge in [0.15, 0.2) is 0 Å². The maximum absolute atomic E-state index is 11.6. The molecule has 0 spiro atoms. The van der Waals surface area contributed by atoms with E-state index in [0.29, 0.717) is 16.9 Å². The summed E-state index contributed by atoms with van der Waals surface area (Å²) in [6.45, 7) is 1.86. The molecule has 1 N–H and O–H groups in total. The van der Waals surface area contributed by atoms with Crippen molar-refractivity contribution >= 4 is 22.6 Å². The topological polar surface area (TPSA) is 55.0 Å². The summed E-state index contributed by atoms with van der Waals surface area (Å²) in [4.78, 5) is 18.6. The molecule has 4 nitrogen and oxygen atoms in total. The molecule has 0 aliphatic heterocycles. The minimum atomic E-state index is -0.288. The number of ether oxygens (including phenoxy) is 1. The molecule has 0 amide bonds. The van der Waals surface area contributed by atoms with Gasteiger partial charge in [0.25, 0.3) is 0 Å². The lowest BCUT2D eigenvalue weighted by atomic mass is 10.2. The van der Waals surface area contributed by atoms with E-state index in [1.54, 1.807) is 6.07 Å². The van der Waals surface area contributed by atoms with Crippen LogP contribution < -0.4 is 10.2 Å². The number of aryl methyl sites for hydroxylation is 1. The van der Waals surface area contributed by atoms with Crippen LogP contribution in [-0.2, 0) is 0 Å². The molecular formula is C10H9ClN2O2. The van der Waals surface area contributed by atoms with Gasteiger partial charge in [-0.25, -0.2) is 4.98 Å². The fourth-order valence-corrected chi connectivity index (χ4v) is 1.55. The Hall–Kier alpha value is -1.55. The molecule has 0 aliphatic carbocycles. The maximum Gasteiger partial charge on any atom is 0.226 e. The van der Waals surface area contributed by atoms with Gasteiger partial charge >= 0.3 is 0 Å². The molecule has 78 valence electrons. The summed E-state index contributed by atoms with van der Waals surface area (Å²) in [6.07, 6.45) is 1.46. The molecule has 2 aromatic heterocycles. The lowest BCUT2D eigenvalue weighted by Crippen LogP contribution is -2.06. The van der Waals surface area contributed by atoms with E-state index in [2.05, 4.69) is 9.97 Å². The number of hydrogen-bond donors (Lipinski definition) is 1. The minimum absolute atomic E-state index is 0.126. The van der Waals surface area contributed by atoms with Crippen molar-refractivity contribution in [2.45, 2.75) is 6.92 Å². The van der Waals surface area contributed by atoms with Crippen LogP contribution in [0.1, 0.15) is 5.56 Å². The van der Waals surface area contributed by atoms with Gasteiger partial charge in [-0.1, -0.05) is 11.6 Å². The first-order chi connectivity index (χ1) is 7.13. The lowest BCUT2D eigenvalue weighted by molar-refractivity contribution is 0.396. The Kier molecular flexibility index (Phi) is 2.36. The Morgan fingerprint density at radius 3 is 2.93 bits per heavy atom. The second-order valence-electron chi connectivity index (χ2n) is 3.18. The van der Waals surface area contributed by atoms with Crippen molar-refractivity contribution in [3.05, 3.63) is 33.1 Å². The van der Waals surface area contributed by atoms with E-state index in [9.17, 15) is 4.79 Å². The smallest absolute Gasteiger partial charge is 0.226 e. The van der Waals surface area contributed by atoms with Gasteiger partial charge in [0.05, 0.1) is 12.6 Å². The molecule has 5 heteroatoms. The van der Waals surface area contributed by atoms with Gasteiger partial charge < -0.3 is 9.72 Å². The predicted octanol–water partition coefficient (Wildman–Crippen LogP) is 1.89. The Morgan fingerprint density at radius 1 is 1.53 bits per heavy atom. The largest absolute Gasteiger partial charge is 0.481 e. The number of aromatic amines is 1. The van der Waals surface area contributed by atoms with Crippen molar-refractivity contribution in [3.8, 4) is 5.88 Å². The minimum Gasteiger partial charge on any atom is -0.481 e. The molecule has 15 heavy (non-hydrogen) atoms. The number of methoxy groups -OCH3 is 1. The zero-order chi connectivity index (χ0) is 11.0. The van der Waals surface area contributed by atoms with Gasteiger partial charge in [-0.3, -0.25) is 4.79 Å². The summed E-state index contributed by atoms with van der Waals surface area (Å²) >= 11 is 5.70. The zero-order valence-electron chi connectivity index (χ0n) is 8.30. The van der Waals surface area contributed by atoms with Crippen LogP contribution in [0.15, 0.2) is 17.1 Å². The lowest BCUT2D eigenvalue weighted by Gasteiger charge is -2.05. The van der Waals surface area contributed by atoms with E-state index >= 15 is 0 Å². The van der Waals surface area contributed by atoms with Gasteiger partial charge in [0.2, 0.25) is 11.3 Å². The van der Waals surface area contributed by atoms with Crippen molar-refractivity contribution in [2.24, 2.45) is 0 Å². The van der Waals surface area contributed by atoms with E-state index in [1.165, 1.54) is 13.3 Å². The molecule has 0 fully saturated rings. The molecule has 2 heterocycles. The number of hydrogen-bond acceptors (Lipinski definition) is 3. The predicted molar refractivity (Wildman–Crippen MR) is 58.7 cm³/mol. The van der Waals surface area contributed by atoms with Gasteiger partial charge in [-0.2, -0.15) is 0 Å². The summed E-state index contributed by atoms with van der Waals surface area (Å²) in [5.41, 5.74) is 1.53. The van der Waals surface area contributed by atoms with Crippen molar-refractivity contribution in [2.75, 3.05) is 7.11 Å². The van der Waals surface area contributed by atoms with Crippen LogP contribution in [0.3, 0.4) is 0 Å². The molecule has 0 bridgehead atoms. The summed E-state index contributed by atoms with van der Waals surface area (Å²) in [7, 11) is 1.51. The number of aromatic nitrogens is 2. The van der Waals surface area contributed by atoms with Gasteiger partial charge in [0.1, 0.15) is 10.5 Å². The summed E-state index contributed by atoms with van der Waals surface area (Å²) in [5, 5.41) is 0.126. The second kappa shape index (κ2) is 3.55. The average molecular weight is 225 g/mol. The third-order valence-corrected chi connectivity index (χ3v) is 2.43. The number of fused-ring (bicyclic) bond motifs is 1. The van der Waals surface area contributed by atoms with Crippen LogP contribution in [-0.4, -0.2) is 17.1 Å². The van der Waals surface area contributed by atoms with Crippen LogP contribution in [0.2, 0.25) is 5.02 Å². The molecule has 0 atom stereocenters. The van der Waals surface area contributed by atoms with Crippen LogP contribution in [0.5, 0.6) is 5.88 Å². The normalized spacial score (nSPS) is 10.6. The number of nitrogens with zero attached hydrogens (tertiary/aromatic N) is 1. The van der Waals surface area contributed by atoms with Crippen LogP contribution in [0.4, 0.5) is 0 Å². The first kappa shape index (κ1) is 9.98. The molecule has 0 aromatic carbocycles. The zero-order valence-corrected chi connectivity index (χ0v) is 9.05. The fraction of sp³-hybridized carbons (Fsp3) is 0.200. The van der Waals surface area contributed by atoms with E-state index in [-0.39, 0.29) is 10.5 Å². The maximum atomic E-state index is 11.6. The number of H-pyrrole nitrogens is 1. The number of halogens is 1. The summed E-state index contributed by atoms with van der Waals surface area (Å²) in [5.74, 6) is 0.440. The molecule has 0 aliphatic rings. The highest BCUT2D eigenvalue weighted by Crippen LogP contribution is 2.18. The highest BCUT2D eigenvalue weighted by Gasteiger charge is 2.08. The summed E-state index contributed by atoms with van der Waals surface area (Å²) < 4.78 is 5.04. The van der Waals surface area contributed by atoms with E-state index in [1.807, 2.05) is 6.92 Å². The first-order valence-corrected chi connectivity index (χ1v) is 4.74. The standard InChI is InChI=1S/C10H9ClN2O2/c1-5-3-7-8(13-10(5)15-2)9(14)6(11)4-12-7/h3-4H,1-2H3,(H,12,14). The van der Waals surface area contributed by atoms with Crippen LogP contribution in [0.25, 0.3) is 11.0 Å². The fourth-order valence-electron chi connectivity index (χ4n) is 1.41. The average Bonchev–Trinajstić information content (AvgIpc) is 2.23. The molecular weight excluding hydrogens is 216 g/mol. The van der Waals surface area contributed by atoms with Crippen LogP contribution in [0, 0.1) is 6.92 Å². The van der Waals surface area contributed by atoms with E-state index in [4.69, 9.17) is 16.3 Å². The quantitative estimate of drug-likeness (QED) is 0.805. The van der Waals surface area contributed by atoms with Crippen molar-refractivity contribution < 1.29 is 4.74 Å². The Morgan fingerprint density at radius 2 is 2.27 bits per heavy atom. The molecule has 0 saturated heterocycles. The second-order valence-corrected chi connectivity index (χ2v) is 3.58. The Bertz CT molecular complexity index is 577. The molecule has 0 radical (unpaired) electrons. The third kappa shape index (κ3) is 1.57. The highest BCUT2D eigenvalue weighted by molar-refractivity contribution is 6.30. The van der Waals surface area contributed by atoms with Gasteiger partial charge in [-0.15, -0.1) is 0 Å². The first-order valence-electron chi connectivity index (χ1n) is 4.36. The number of rotatable bonds is 1. The molecule has 2 aromatic rings. The Labute approximate surface area is 90.9 Å².